The van der Waals surface area contributed by atoms with E-state index in [0.717, 1.165) is 0 Å². The molecule has 21 heavy (non-hydrogen) atoms. The van der Waals surface area contributed by atoms with Crippen molar-refractivity contribution >= 4 is 17.5 Å². The molecule has 1 amide bonds. The monoisotopic (exact) mass is 299 g/mol. The number of rotatable bonds is 4. The quantitative estimate of drug-likeness (QED) is 0.883. The summed E-state index contributed by atoms with van der Waals surface area (Å²) in [5.74, 6) is 0.521. The molecule has 1 aliphatic rings. The maximum Gasteiger partial charge on any atom is 0.251 e. The van der Waals surface area contributed by atoms with E-state index in [1.807, 2.05) is 0 Å². The highest BCUT2D eigenvalue weighted by Gasteiger charge is 2.33. The molecule has 3 heteroatoms. The van der Waals surface area contributed by atoms with Gasteiger partial charge in [-0.15, -0.1) is 0 Å². The predicted molar refractivity (Wildman–Crippen MR) is 85.6 cm³/mol. The third-order valence-electron chi connectivity index (χ3n) is 3.92. The van der Waals surface area contributed by atoms with Crippen LogP contribution in [0.1, 0.15) is 40.4 Å². The molecule has 2 aromatic rings. The zero-order valence-corrected chi connectivity index (χ0v) is 12.7. The van der Waals surface area contributed by atoms with Gasteiger partial charge < -0.3 is 5.32 Å². The molecule has 1 saturated carbocycles. The average molecular weight is 300 g/mol. The van der Waals surface area contributed by atoms with E-state index >= 15 is 0 Å². The summed E-state index contributed by atoms with van der Waals surface area (Å²) in [7, 11) is 0. The summed E-state index contributed by atoms with van der Waals surface area (Å²) in [5.41, 5.74) is 3.07. The zero-order valence-electron chi connectivity index (χ0n) is 12.0. The van der Waals surface area contributed by atoms with Gasteiger partial charge in [-0.1, -0.05) is 41.4 Å². The second kappa shape index (κ2) is 5.90. The van der Waals surface area contributed by atoms with E-state index in [2.05, 4.69) is 36.5 Å². The Balaban J connectivity index is 1.77. The fraction of sp³-hybridized carbons (Fsp3) is 0.278. The van der Waals surface area contributed by atoms with E-state index < -0.39 is 0 Å². The Morgan fingerprint density at radius 3 is 2.29 bits per heavy atom. The number of carbonyl (C=O) groups is 1. The van der Waals surface area contributed by atoms with Crippen molar-refractivity contribution in [1.29, 1.82) is 0 Å². The number of halogens is 1. The van der Waals surface area contributed by atoms with Gasteiger partial charge in [0, 0.05) is 10.6 Å². The van der Waals surface area contributed by atoms with Gasteiger partial charge in [-0.05, 0) is 55.5 Å². The lowest BCUT2D eigenvalue weighted by atomic mass is 10.0. The highest BCUT2D eigenvalue weighted by Crippen LogP contribution is 2.41. The van der Waals surface area contributed by atoms with Gasteiger partial charge in [-0.2, -0.15) is 0 Å². The van der Waals surface area contributed by atoms with Crippen molar-refractivity contribution in [3.05, 3.63) is 70.2 Å². The van der Waals surface area contributed by atoms with E-state index in [4.69, 9.17) is 11.6 Å². The Bertz CT molecular complexity index is 629. The van der Waals surface area contributed by atoms with Crippen LogP contribution < -0.4 is 5.32 Å². The molecule has 0 aromatic heterocycles. The topological polar surface area (TPSA) is 29.1 Å². The van der Waals surface area contributed by atoms with Gasteiger partial charge in [0.15, 0.2) is 0 Å². The summed E-state index contributed by atoms with van der Waals surface area (Å²) in [6.07, 6.45) is 2.36. The molecule has 108 valence electrons. The Morgan fingerprint density at radius 2 is 1.71 bits per heavy atom. The Morgan fingerprint density at radius 1 is 1.10 bits per heavy atom. The van der Waals surface area contributed by atoms with E-state index in [-0.39, 0.29) is 11.9 Å². The van der Waals surface area contributed by atoms with E-state index in [1.54, 1.807) is 24.3 Å². The second-order valence-corrected chi connectivity index (χ2v) is 6.14. The summed E-state index contributed by atoms with van der Waals surface area (Å²) in [6.45, 7) is 2.07. The minimum atomic E-state index is -0.0378. The first-order chi connectivity index (χ1) is 10.1. The largest absolute Gasteiger partial charge is 0.345 e. The molecule has 1 aliphatic carbocycles. The lowest BCUT2D eigenvalue weighted by Crippen LogP contribution is -2.29. The van der Waals surface area contributed by atoms with Crippen molar-refractivity contribution in [2.24, 2.45) is 5.92 Å². The van der Waals surface area contributed by atoms with Crippen molar-refractivity contribution in [1.82, 2.24) is 5.32 Å². The molecule has 1 fully saturated rings. The van der Waals surface area contributed by atoms with Gasteiger partial charge in [0.05, 0.1) is 6.04 Å². The smallest absolute Gasteiger partial charge is 0.251 e. The number of hydrogen-bond acceptors (Lipinski definition) is 1. The molecule has 0 saturated heterocycles. The van der Waals surface area contributed by atoms with Crippen LogP contribution >= 0.6 is 11.6 Å². The number of hydrogen-bond donors (Lipinski definition) is 1. The molecule has 0 heterocycles. The first kappa shape index (κ1) is 14.2. The van der Waals surface area contributed by atoms with Crippen LogP contribution in [0.15, 0.2) is 48.5 Å². The molecule has 1 unspecified atom stereocenters. The first-order valence-electron chi connectivity index (χ1n) is 7.26. The van der Waals surface area contributed by atoms with Gasteiger partial charge in [-0.25, -0.2) is 0 Å². The molecule has 1 atom stereocenters. The van der Waals surface area contributed by atoms with Crippen LogP contribution in [-0.2, 0) is 0 Å². The minimum absolute atomic E-state index is 0.0378. The fourth-order valence-electron chi connectivity index (χ4n) is 2.50. The summed E-state index contributed by atoms with van der Waals surface area (Å²) in [4.78, 5) is 12.4. The van der Waals surface area contributed by atoms with Crippen molar-refractivity contribution < 1.29 is 4.79 Å². The zero-order chi connectivity index (χ0) is 14.8. The highest BCUT2D eigenvalue weighted by molar-refractivity contribution is 6.30. The third-order valence-corrected chi connectivity index (χ3v) is 4.17. The Kier molecular flexibility index (Phi) is 3.98. The second-order valence-electron chi connectivity index (χ2n) is 5.71. The summed E-state index contributed by atoms with van der Waals surface area (Å²) in [5, 5.41) is 3.81. The molecule has 0 aliphatic heterocycles. The fourth-order valence-corrected chi connectivity index (χ4v) is 2.63. The molecular weight excluding hydrogens is 282 g/mol. The highest BCUT2D eigenvalue weighted by atomic mass is 35.5. The SMILES string of the molecule is Cc1ccc(C(NC(=O)c2ccc(Cl)cc2)C2CC2)cc1. The molecule has 0 radical (unpaired) electrons. The van der Waals surface area contributed by atoms with Gasteiger partial charge in [0.2, 0.25) is 0 Å². The molecule has 1 N–H and O–H groups in total. The number of nitrogens with one attached hydrogen (secondary N) is 1. The minimum Gasteiger partial charge on any atom is -0.345 e. The number of aryl methyl sites for hydroxylation is 1. The van der Waals surface area contributed by atoms with Gasteiger partial charge >= 0.3 is 0 Å². The van der Waals surface area contributed by atoms with Crippen molar-refractivity contribution in [2.75, 3.05) is 0 Å². The van der Waals surface area contributed by atoms with Crippen LogP contribution in [0.2, 0.25) is 5.02 Å². The van der Waals surface area contributed by atoms with Crippen LogP contribution in [0.4, 0.5) is 0 Å². The molecule has 2 nitrogen and oxygen atoms in total. The van der Waals surface area contributed by atoms with E-state index in [0.29, 0.717) is 16.5 Å². The van der Waals surface area contributed by atoms with Crippen LogP contribution in [0.25, 0.3) is 0 Å². The van der Waals surface area contributed by atoms with Crippen LogP contribution in [0.5, 0.6) is 0 Å². The standard InChI is InChI=1S/C18H18ClNO/c1-12-2-4-13(5-3-12)17(14-6-7-14)20-18(21)15-8-10-16(19)11-9-15/h2-5,8-11,14,17H,6-7H2,1H3,(H,20,21). The molecular formula is C18H18ClNO. The maximum absolute atomic E-state index is 12.4. The number of carbonyl (C=O) groups excluding carboxylic acids is 1. The average Bonchev–Trinajstić information content (AvgIpc) is 3.31. The van der Waals surface area contributed by atoms with Crippen molar-refractivity contribution in [2.45, 2.75) is 25.8 Å². The van der Waals surface area contributed by atoms with Crippen LogP contribution in [-0.4, -0.2) is 5.91 Å². The lowest BCUT2D eigenvalue weighted by molar-refractivity contribution is 0.0931. The number of amides is 1. The summed E-state index contributed by atoms with van der Waals surface area (Å²) in [6, 6.07) is 15.5. The third kappa shape index (κ3) is 3.45. The summed E-state index contributed by atoms with van der Waals surface area (Å²) < 4.78 is 0. The Hall–Kier alpha value is -1.80. The van der Waals surface area contributed by atoms with Gasteiger partial charge in [0.25, 0.3) is 5.91 Å². The van der Waals surface area contributed by atoms with Crippen molar-refractivity contribution in [3.8, 4) is 0 Å². The van der Waals surface area contributed by atoms with Gasteiger partial charge in [-0.3, -0.25) is 4.79 Å². The number of benzene rings is 2. The molecule has 0 bridgehead atoms. The normalized spacial score (nSPS) is 15.5. The Labute approximate surface area is 130 Å². The molecule has 3 rings (SSSR count). The molecule has 2 aromatic carbocycles. The van der Waals surface area contributed by atoms with Crippen LogP contribution in [0.3, 0.4) is 0 Å². The lowest BCUT2D eigenvalue weighted by Gasteiger charge is -2.19. The maximum atomic E-state index is 12.4. The predicted octanol–water partition coefficient (Wildman–Crippen LogP) is 4.53. The van der Waals surface area contributed by atoms with Crippen LogP contribution in [0, 0.1) is 12.8 Å². The molecule has 0 spiro atoms. The van der Waals surface area contributed by atoms with Crippen molar-refractivity contribution in [3.63, 3.8) is 0 Å². The van der Waals surface area contributed by atoms with Gasteiger partial charge in [0.1, 0.15) is 0 Å². The first-order valence-corrected chi connectivity index (χ1v) is 7.64. The summed E-state index contributed by atoms with van der Waals surface area (Å²) >= 11 is 5.86. The van der Waals surface area contributed by atoms with E-state index in [1.165, 1.54) is 24.0 Å². The van der Waals surface area contributed by atoms with E-state index in [9.17, 15) is 4.79 Å².